The molecule has 0 unspecified atom stereocenters. The maximum atomic E-state index is 11.9. The molecule has 1 N–H and O–H groups in total. The summed E-state index contributed by atoms with van der Waals surface area (Å²) in [4.78, 5) is 35.1. The van der Waals surface area contributed by atoms with E-state index in [2.05, 4.69) is 10.1 Å². The summed E-state index contributed by atoms with van der Waals surface area (Å²) in [6.07, 6.45) is 0. The molecule has 0 heterocycles. The minimum Gasteiger partial charge on any atom is -0.481 e. The lowest BCUT2D eigenvalue weighted by Gasteiger charge is -2.13. The first-order valence-corrected chi connectivity index (χ1v) is 9.10. The van der Waals surface area contributed by atoms with Crippen LogP contribution in [0, 0.1) is 20.8 Å². The van der Waals surface area contributed by atoms with E-state index in [9.17, 15) is 14.4 Å². The van der Waals surface area contributed by atoms with Crippen LogP contribution in [-0.2, 0) is 25.6 Å². The summed E-state index contributed by atoms with van der Waals surface area (Å²) in [5, 5.41) is 2.64. The molecule has 0 saturated heterocycles. The first kappa shape index (κ1) is 21.9. The van der Waals surface area contributed by atoms with E-state index in [4.69, 9.17) is 9.47 Å². The van der Waals surface area contributed by atoms with Crippen LogP contribution in [0.4, 0.5) is 0 Å². The van der Waals surface area contributed by atoms with E-state index >= 15 is 0 Å². The van der Waals surface area contributed by atoms with Gasteiger partial charge in [-0.3, -0.25) is 4.79 Å². The van der Waals surface area contributed by atoms with Crippen molar-refractivity contribution >= 4 is 17.8 Å². The zero-order chi connectivity index (χ0) is 21.4. The molecule has 154 valence electrons. The summed E-state index contributed by atoms with van der Waals surface area (Å²) in [7, 11) is 1.31. The molecule has 7 heteroatoms. The molecule has 0 fully saturated rings. The van der Waals surface area contributed by atoms with Gasteiger partial charge in [-0.25, -0.2) is 9.59 Å². The number of methoxy groups -OCH3 is 1. The highest BCUT2D eigenvalue weighted by Gasteiger charge is 2.11. The second kappa shape index (κ2) is 10.3. The predicted octanol–water partition coefficient (Wildman–Crippen LogP) is 2.64. The number of hydrogen-bond donors (Lipinski definition) is 1. The average molecular weight is 399 g/mol. The molecule has 0 atom stereocenters. The fraction of sp³-hybridized carbons (Fsp3) is 0.318. The number of aryl methyl sites for hydroxylation is 3. The van der Waals surface area contributed by atoms with Crippen molar-refractivity contribution in [3.63, 3.8) is 0 Å². The van der Waals surface area contributed by atoms with Crippen LogP contribution in [-0.4, -0.2) is 38.2 Å². The summed E-state index contributed by atoms with van der Waals surface area (Å²) >= 11 is 0. The van der Waals surface area contributed by atoms with Crippen molar-refractivity contribution in [1.29, 1.82) is 0 Å². The molecule has 0 aromatic heterocycles. The van der Waals surface area contributed by atoms with Crippen molar-refractivity contribution in [2.24, 2.45) is 0 Å². The van der Waals surface area contributed by atoms with E-state index in [1.807, 2.05) is 32.9 Å². The Balaban J connectivity index is 1.73. The first-order chi connectivity index (χ1) is 13.8. The smallest absolute Gasteiger partial charge is 0.344 e. The molecule has 0 spiro atoms. The van der Waals surface area contributed by atoms with Gasteiger partial charge >= 0.3 is 11.9 Å². The summed E-state index contributed by atoms with van der Waals surface area (Å²) in [5.74, 6) is -0.835. The second-order valence-corrected chi connectivity index (χ2v) is 6.64. The maximum absolute atomic E-state index is 11.9. The standard InChI is InChI=1S/C22H25NO6/c1-14-9-15(2)21(16(3)10-14)29-13-20(25)28-12-19(24)23-11-17-5-7-18(8-6-17)22(26)27-4/h5-10H,11-13H2,1-4H3,(H,23,24). The Bertz CT molecular complexity index is 866. The molecule has 0 aliphatic heterocycles. The highest BCUT2D eigenvalue weighted by Crippen LogP contribution is 2.24. The van der Waals surface area contributed by atoms with Gasteiger partial charge in [-0.2, -0.15) is 0 Å². The van der Waals surface area contributed by atoms with E-state index in [0.29, 0.717) is 11.3 Å². The van der Waals surface area contributed by atoms with Gasteiger partial charge in [-0.05, 0) is 49.6 Å². The fourth-order valence-corrected chi connectivity index (χ4v) is 2.84. The molecule has 7 nitrogen and oxygen atoms in total. The quantitative estimate of drug-likeness (QED) is 0.686. The van der Waals surface area contributed by atoms with Gasteiger partial charge in [0.15, 0.2) is 13.2 Å². The van der Waals surface area contributed by atoms with Crippen LogP contribution in [0.1, 0.15) is 32.6 Å². The number of nitrogens with one attached hydrogen (secondary N) is 1. The Kier molecular flexibility index (Phi) is 7.77. The number of benzene rings is 2. The number of carbonyl (C=O) groups is 3. The van der Waals surface area contributed by atoms with Crippen molar-refractivity contribution in [2.45, 2.75) is 27.3 Å². The van der Waals surface area contributed by atoms with Gasteiger partial charge in [0.25, 0.3) is 5.91 Å². The predicted molar refractivity (Wildman–Crippen MR) is 107 cm³/mol. The summed E-state index contributed by atoms with van der Waals surface area (Å²) in [6, 6.07) is 10.6. The van der Waals surface area contributed by atoms with E-state index in [1.54, 1.807) is 24.3 Å². The number of amides is 1. The highest BCUT2D eigenvalue weighted by atomic mass is 16.6. The summed E-state index contributed by atoms with van der Waals surface area (Å²) in [5.41, 5.74) is 4.21. The van der Waals surface area contributed by atoms with E-state index in [-0.39, 0.29) is 13.2 Å². The van der Waals surface area contributed by atoms with Crippen LogP contribution in [0.25, 0.3) is 0 Å². The number of ether oxygens (including phenoxy) is 3. The monoisotopic (exact) mass is 399 g/mol. The molecule has 29 heavy (non-hydrogen) atoms. The lowest BCUT2D eigenvalue weighted by atomic mass is 10.1. The van der Waals surface area contributed by atoms with Crippen LogP contribution in [0.5, 0.6) is 5.75 Å². The third-order valence-corrected chi connectivity index (χ3v) is 4.17. The van der Waals surface area contributed by atoms with E-state index in [0.717, 1.165) is 22.3 Å². The van der Waals surface area contributed by atoms with Crippen molar-refractivity contribution in [2.75, 3.05) is 20.3 Å². The number of esters is 2. The zero-order valence-corrected chi connectivity index (χ0v) is 17.0. The van der Waals surface area contributed by atoms with Gasteiger partial charge in [-0.15, -0.1) is 0 Å². The third kappa shape index (κ3) is 6.64. The topological polar surface area (TPSA) is 90.9 Å². The largest absolute Gasteiger partial charge is 0.481 e. The summed E-state index contributed by atoms with van der Waals surface area (Å²) < 4.78 is 15.1. The normalized spacial score (nSPS) is 10.2. The molecule has 1 amide bonds. The second-order valence-electron chi connectivity index (χ2n) is 6.64. The third-order valence-electron chi connectivity index (χ3n) is 4.17. The van der Waals surface area contributed by atoms with Crippen molar-refractivity contribution in [3.05, 3.63) is 64.2 Å². The Morgan fingerprint density at radius 2 is 1.55 bits per heavy atom. The molecule has 0 saturated carbocycles. The zero-order valence-electron chi connectivity index (χ0n) is 17.0. The van der Waals surface area contributed by atoms with Crippen LogP contribution in [0.2, 0.25) is 0 Å². The van der Waals surface area contributed by atoms with Gasteiger partial charge in [0.2, 0.25) is 0 Å². The molecule has 0 bridgehead atoms. The van der Waals surface area contributed by atoms with Crippen LogP contribution in [0.3, 0.4) is 0 Å². The number of carbonyl (C=O) groups excluding carboxylic acids is 3. The molecule has 2 rings (SSSR count). The highest BCUT2D eigenvalue weighted by molar-refractivity contribution is 5.89. The molecule has 2 aromatic carbocycles. The average Bonchev–Trinajstić information content (AvgIpc) is 2.69. The molecule has 2 aromatic rings. The van der Waals surface area contributed by atoms with Crippen LogP contribution in [0.15, 0.2) is 36.4 Å². The molecule has 0 aliphatic rings. The lowest BCUT2D eigenvalue weighted by molar-refractivity contribution is -0.150. The Hall–Kier alpha value is -3.35. The fourth-order valence-electron chi connectivity index (χ4n) is 2.84. The lowest BCUT2D eigenvalue weighted by Crippen LogP contribution is -2.29. The molecule has 0 aliphatic carbocycles. The van der Waals surface area contributed by atoms with Gasteiger partial charge in [0, 0.05) is 6.54 Å². The Labute approximate surface area is 170 Å². The van der Waals surface area contributed by atoms with E-state index < -0.39 is 24.5 Å². The molecular formula is C22H25NO6. The number of hydrogen-bond acceptors (Lipinski definition) is 6. The molecular weight excluding hydrogens is 374 g/mol. The van der Waals surface area contributed by atoms with Crippen LogP contribution >= 0.6 is 0 Å². The van der Waals surface area contributed by atoms with E-state index in [1.165, 1.54) is 7.11 Å². The van der Waals surface area contributed by atoms with Crippen molar-refractivity contribution in [1.82, 2.24) is 5.32 Å². The van der Waals surface area contributed by atoms with Crippen molar-refractivity contribution in [3.8, 4) is 5.75 Å². The minimum absolute atomic E-state index is 0.246. The number of rotatable bonds is 8. The molecule has 0 radical (unpaired) electrons. The van der Waals surface area contributed by atoms with Crippen molar-refractivity contribution < 1.29 is 28.6 Å². The van der Waals surface area contributed by atoms with Gasteiger partial charge in [0.1, 0.15) is 5.75 Å². The van der Waals surface area contributed by atoms with Gasteiger partial charge in [0.05, 0.1) is 12.7 Å². The Morgan fingerprint density at radius 3 is 2.14 bits per heavy atom. The minimum atomic E-state index is -0.623. The van der Waals surface area contributed by atoms with Gasteiger partial charge < -0.3 is 19.5 Å². The summed E-state index contributed by atoms with van der Waals surface area (Å²) in [6.45, 7) is 5.39. The Morgan fingerprint density at radius 1 is 0.931 bits per heavy atom. The van der Waals surface area contributed by atoms with Gasteiger partial charge in [-0.1, -0.05) is 29.8 Å². The first-order valence-electron chi connectivity index (χ1n) is 9.10. The maximum Gasteiger partial charge on any atom is 0.344 e. The van der Waals surface area contributed by atoms with Crippen LogP contribution < -0.4 is 10.1 Å². The SMILES string of the molecule is COC(=O)c1ccc(CNC(=O)COC(=O)COc2c(C)cc(C)cc2C)cc1.